The van der Waals surface area contributed by atoms with Crippen LogP contribution in [-0.2, 0) is 32.3 Å². The summed E-state index contributed by atoms with van der Waals surface area (Å²) >= 11 is 0. The van der Waals surface area contributed by atoms with Crippen LogP contribution in [0.1, 0.15) is 99.3 Å². The third-order valence-corrected chi connectivity index (χ3v) is 5.32. The van der Waals surface area contributed by atoms with E-state index in [4.69, 9.17) is 27.8 Å². The zero-order valence-corrected chi connectivity index (χ0v) is 20.4. The van der Waals surface area contributed by atoms with E-state index in [1.807, 2.05) is 41.5 Å². The lowest BCUT2D eigenvalue weighted by Crippen LogP contribution is -2.25. The monoisotopic (exact) mass is 440 g/mol. The van der Waals surface area contributed by atoms with E-state index in [9.17, 15) is 4.57 Å². The molecule has 8 heteroatoms. The third-order valence-electron chi connectivity index (χ3n) is 3.84. The van der Waals surface area contributed by atoms with Crippen LogP contribution in [-0.4, -0.2) is 38.7 Å². The van der Waals surface area contributed by atoms with Crippen LogP contribution >= 0.6 is 7.82 Å². The van der Waals surface area contributed by atoms with Crippen molar-refractivity contribution >= 4 is 7.82 Å². The summed E-state index contributed by atoms with van der Waals surface area (Å²) in [5.74, 6) is 0. The molecule has 0 aromatic rings. The third kappa shape index (κ3) is 14.6. The first-order valence-corrected chi connectivity index (χ1v) is 12.9. The van der Waals surface area contributed by atoms with Crippen LogP contribution < -0.4 is 0 Å². The number of hydrogen-bond acceptors (Lipinski definition) is 7. The number of ether oxygens (including phenoxy) is 3. The standard InChI is InChI=1S/C21H45O7P/c1-7-13-19(23-16-10-4)26-29(22,27-20(14-8-2)24-17-11-5)28-21(15-9-3)25-18-12-6/h19-21H,7-18H2,1-6H3. The van der Waals surface area contributed by atoms with Gasteiger partial charge in [0.15, 0.2) is 18.9 Å². The summed E-state index contributed by atoms with van der Waals surface area (Å²) in [6.45, 7) is 13.6. The molecule has 0 amide bonds. The van der Waals surface area contributed by atoms with E-state index in [0.717, 1.165) is 38.5 Å². The first kappa shape index (κ1) is 29.0. The Labute approximate surface area is 178 Å². The summed E-state index contributed by atoms with van der Waals surface area (Å²) < 4.78 is 48.3. The molecule has 0 heterocycles. The molecule has 0 saturated heterocycles. The molecule has 0 saturated carbocycles. The van der Waals surface area contributed by atoms with E-state index in [0.29, 0.717) is 39.1 Å². The summed E-state index contributed by atoms with van der Waals surface area (Å²) in [7, 11) is -3.97. The molecule has 0 bridgehead atoms. The Bertz CT molecular complexity index is 351. The zero-order valence-electron chi connectivity index (χ0n) is 19.5. The molecule has 3 atom stereocenters. The first-order chi connectivity index (χ1) is 14.0. The molecular formula is C21H45O7P. The summed E-state index contributed by atoms with van der Waals surface area (Å²) in [4.78, 5) is 0. The van der Waals surface area contributed by atoms with Crippen molar-refractivity contribution in [3.8, 4) is 0 Å². The maximum atomic E-state index is 13.7. The number of phosphoric acid groups is 1. The molecule has 0 fully saturated rings. The predicted octanol–water partition coefficient (Wildman–Crippen LogP) is 6.80. The summed E-state index contributed by atoms with van der Waals surface area (Å²) in [5, 5.41) is 0. The molecule has 0 aliphatic carbocycles. The lowest BCUT2D eigenvalue weighted by atomic mass is 10.3. The first-order valence-electron chi connectivity index (χ1n) is 11.5. The fourth-order valence-corrected chi connectivity index (χ4v) is 3.97. The quantitative estimate of drug-likeness (QED) is 0.143. The Hall–Kier alpha value is -0.0100. The van der Waals surface area contributed by atoms with Crippen molar-refractivity contribution in [3.05, 3.63) is 0 Å². The van der Waals surface area contributed by atoms with Gasteiger partial charge in [-0.15, -0.1) is 0 Å². The van der Waals surface area contributed by atoms with Crippen LogP contribution in [0, 0.1) is 0 Å². The van der Waals surface area contributed by atoms with Crippen LogP contribution in [0.3, 0.4) is 0 Å². The summed E-state index contributed by atoms with van der Waals surface area (Å²) in [6.07, 6.45) is 4.80. The van der Waals surface area contributed by atoms with Gasteiger partial charge in [0.25, 0.3) is 0 Å². The van der Waals surface area contributed by atoms with Gasteiger partial charge in [-0.05, 0) is 38.5 Å². The van der Waals surface area contributed by atoms with Crippen molar-refractivity contribution in [2.45, 2.75) is 118 Å². The van der Waals surface area contributed by atoms with E-state index in [2.05, 4.69) is 0 Å². The van der Waals surface area contributed by atoms with Crippen molar-refractivity contribution < 1.29 is 32.3 Å². The van der Waals surface area contributed by atoms with Gasteiger partial charge in [-0.1, -0.05) is 60.8 Å². The van der Waals surface area contributed by atoms with Gasteiger partial charge in [0.05, 0.1) is 0 Å². The smallest absolute Gasteiger partial charge is 0.352 e. The molecule has 0 aromatic heterocycles. The molecule has 176 valence electrons. The van der Waals surface area contributed by atoms with Gasteiger partial charge < -0.3 is 14.2 Å². The Kier molecular flexibility index (Phi) is 18.7. The lowest BCUT2D eigenvalue weighted by molar-refractivity contribution is -0.163. The second-order valence-corrected chi connectivity index (χ2v) is 8.56. The van der Waals surface area contributed by atoms with E-state index < -0.39 is 26.7 Å². The van der Waals surface area contributed by atoms with E-state index in [1.54, 1.807) is 0 Å². The Balaban J connectivity index is 5.44. The van der Waals surface area contributed by atoms with Crippen LogP contribution in [0.2, 0.25) is 0 Å². The van der Waals surface area contributed by atoms with Crippen molar-refractivity contribution in [2.24, 2.45) is 0 Å². The SMILES string of the molecule is CCCOC(CCC)OP(=O)(OC(CCC)OCCC)OC(CCC)OCCC. The number of hydrogen-bond donors (Lipinski definition) is 0. The fourth-order valence-electron chi connectivity index (χ4n) is 2.46. The molecule has 0 spiro atoms. The van der Waals surface area contributed by atoms with E-state index in [-0.39, 0.29) is 0 Å². The molecule has 29 heavy (non-hydrogen) atoms. The molecule has 0 N–H and O–H groups in total. The highest BCUT2D eigenvalue weighted by Gasteiger charge is 2.37. The lowest BCUT2D eigenvalue weighted by Gasteiger charge is -2.29. The average Bonchev–Trinajstić information content (AvgIpc) is 2.69. The minimum absolute atomic E-state index is 0.514. The maximum absolute atomic E-state index is 13.7. The van der Waals surface area contributed by atoms with Crippen molar-refractivity contribution in [1.29, 1.82) is 0 Å². The van der Waals surface area contributed by atoms with Crippen LogP contribution in [0.4, 0.5) is 0 Å². The zero-order chi connectivity index (χ0) is 22.0. The minimum Gasteiger partial charge on any atom is -0.352 e. The molecule has 0 rings (SSSR count). The molecule has 0 aromatic carbocycles. The average molecular weight is 441 g/mol. The Morgan fingerprint density at radius 2 is 0.793 bits per heavy atom. The number of phosphoric ester groups is 1. The van der Waals surface area contributed by atoms with Crippen molar-refractivity contribution in [1.82, 2.24) is 0 Å². The summed E-state index contributed by atoms with van der Waals surface area (Å²) in [5.41, 5.74) is 0. The molecule has 0 aliphatic heterocycles. The normalized spacial score (nSPS) is 17.0. The van der Waals surface area contributed by atoms with Gasteiger partial charge >= 0.3 is 7.82 Å². The van der Waals surface area contributed by atoms with Gasteiger partial charge in [0, 0.05) is 19.8 Å². The fraction of sp³-hybridized carbons (Fsp3) is 1.00. The second-order valence-electron chi connectivity index (χ2n) is 7.03. The second kappa shape index (κ2) is 18.7. The van der Waals surface area contributed by atoms with Gasteiger partial charge in [0.1, 0.15) is 0 Å². The Morgan fingerprint density at radius 1 is 0.517 bits per heavy atom. The van der Waals surface area contributed by atoms with Gasteiger partial charge in [-0.2, -0.15) is 0 Å². The molecule has 3 unspecified atom stereocenters. The highest BCUT2D eigenvalue weighted by atomic mass is 31.2. The van der Waals surface area contributed by atoms with Gasteiger partial charge in [-0.25, -0.2) is 4.57 Å². The highest BCUT2D eigenvalue weighted by Crippen LogP contribution is 2.54. The van der Waals surface area contributed by atoms with E-state index >= 15 is 0 Å². The largest absolute Gasteiger partial charge is 0.481 e. The van der Waals surface area contributed by atoms with Crippen LogP contribution in [0.5, 0.6) is 0 Å². The van der Waals surface area contributed by atoms with Gasteiger partial charge in [-0.3, -0.25) is 13.6 Å². The van der Waals surface area contributed by atoms with E-state index in [1.165, 1.54) is 0 Å². The maximum Gasteiger partial charge on any atom is 0.481 e. The molecule has 0 radical (unpaired) electrons. The van der Waals surface area contributed by atoms with Crippen LogP contribution in [0.15, 0.2) is 0 Å². The van der Waals surface area contributed by atoms with Crippen LogP contribution in [0.25, 0.3) is 0 Å². The topological polar surface area (TPSA) is 72.5 Å². The number of rotatable bonds is 21. The molecule has 7 nitrogen and oxygen atoms in total. The minimum atomic E-state index is -3.97. The Morgan fingerprint density at radius 3 is 1.00 bits per heavy atom. The summed E-state index contributed by atoms with van der Waals surface area (Å²) in [6, 6.07) is 0. The highest BCUT2D eigenvalue weighted by molar-refractivity contribution is 7.48. The van der Waals surface area contributed by atoms with Gasteiger partial charge in [0.2, 0.25) is 0 Å². The van der Waals surface area contributed by atoms with Crippen molar-refractivity contribution in [2.75, 3.05) is 19.8 Å². The van der Waals surface area contributed by atoms with Crippen molar-refractivity contribution in [3.63, 3.8) is 0 Å². The predicted molar refractivity (Wildman–Crippen MR) is 116 cm³/mol. The molecular weight excluding hydrogens is 395 g/mol. The molecule has 0 aliphatic rings.